The lowest BCUT2D eigenvalue weighted by atomic mass is 10.1. The topological polar surface area (TPSA) is 17.4 Å². The highest BCUT2D eigenvalue weighted by Gasteiger charge is 2.27. The molecule has 0 unspecified atom stereocenters. The third-order valence-electron chi connectivity index (χ3n) is 6.75. The van der Waals surface area contributed by atoms with Gasteiger partial charge in [-0.1, -0.05) is 60.3 Å². The van der Waals surface area contributed by atoms with Crippen molar-refractivity contribution in [3.63, 3.8) is 0 Å². The zero-order valence-electron chi connectivity index (χ0n) is 18.1. The normalized spacial score (nSPS) is 13.4. The first kappa shape index (κ1) is 18.3. The number of hydrogen-bond donors (Lipinski definition) is 0. The molecule has 0 saturated carbocycles. The van der Waals surface area contributed by atoms with Crippen LogP contribution in [0.4, 0.5) is 17.1 Å². The van der Waals surface area contributed by atoms with Crippen molar-refractivity contribution >= 4 is 50.6 Å². The average molecular weight is 455 g/mol. The highest BCUT2D eigenvalue weighted by molar-refractivity contribution is 7.99. The van der Waals surface area contributed by atoms with Crippen molar-refractivity contribution in [1.29, 1.82) is 0 Å². The Kier molecular flexibility index (Phi) is 3.60. The summed E-state index contributed by atoms with van der Waals surface area (Å²) in [4.78, 5) is 4.93. The van der Waals surface area contributed by atoms with E-state index in [1.807, 2.05) is 23.9 Å². The van der Waals surface area contributed by atoms with Crippen molar-refractivity contribution in [2.45, 2.75) is 9.79 Å². The first-order valence-corrected chi connectivity index (χ1v) is 12.2. The van der Waals surface area contributed by atoms with E-state index < -0.39 is 0 Å². The monoisotopic (exact) mass is 454 g/mol. The minimum absolute atomic E-state index is 0.889. The fourth-order valence-electron chi connectivity index (χ4n) is 5.33. The molecule has 3 nitrogen and oxygen atoms in total. The lowest BCUT2D eigenvalue weighted by Crippen LogP contribution is -2.14. The fraction of sp³-hybridized carbons (Fsp3) is 0. The summed E-state index contributed by atoms with van der Waals surface area (Å²) in [5.74, 6) is 1.79. The van der Waals surface area contributed by atoms with Gasteiger partial charge in [0.1, 0.15) is 0 Å². The zero-order chi connectivity index (χ0) is 22.2. The maximum atomic E-state index is 6.28. The predicted molar refractivity (Wildman–Crippen MR) is 140 cm³/mol. The molecule has 160 valence electrons. The van der Waals surface area contributed by atoms with Gasteiger partial charge in [0.2, 0.25) is 0 Å². The Morgan fingerprint density at radius 1 is 0.559 bits per heavy atom. The second kappa shape index (κ2) is 6.69. The molecule has 0 bridgehead atoms. The van der Waals surface area contributed by atoms with E-state index >= 15 is 0 Å². The lowest BCUT2D eigenvalue weighted by molar-refractivity contribution is 0.476. The van der Waals surface area contributed by atoms with Crippen LogP contribution in [-0.4, -0.2) is 4.57 Å². The summed E-state index contributed by atoms with van der Waals surface area (Å²) in [7, 11) is 0. The van der Waals surface area contributed by atoms with Crippen molar-refractivity contribution in [2.24, 2.45) is 0 Å². The van der Waals surface area contributed by atoms with Gasteiger partial charge in [-0.3, -0.25) is 0 Å². The summed E-state index contributed by atoms with van der Waals surface area (Å²) in [6.07, 6.45) is 0. The molecule has 2 aliphatic rings. The number of nitrogens with zero attached hydrogens (tertiary/aromatic N) is 2. The van der Waals surface area contributed by atoms with Crippen LogP contribution in [0.15, 0.2) is 119 Å². The largest absolute Gasteiger partial charge is 0.453 e. The van der Waals surface area contributed by atoms with Gasteiger partial charge in [0.25, 0.3) is 0 Å². The number of rotatable bonds is 1. The van der Waals surface area contributed by atoms with Gasteiger partial charge in [-0.25, -0.2) is 0 Å². The molecule has 0 radical (unpaired) electrons. The molecule has 0 amide bonds. The Bertz CT molecular complexity index is 1740. The number of anilines is 3. The van der Waals surface area contributed by atoms with Crippen LogP contribution >= 0.6 is 11.8 Å². The zero-order valence-corrected chi connectivity index (χ0v) is 18.9. The highest BCUT2D eigenvalue weighted by atomic mass is 32.2. The summed E-state index contributed by atoms with van der Waals surface area (Å²) in [6, 6.07) is 38.7. The van der Waals surface area contributed by atoms with Crippen LogP contribution in [0.3, 0.4) is 0 Å². The lowest BCUT2D eigenvalue weighted by Gasteiger charge is -2.32. The van der Waals surface area contributed by atoms with Gasteiger partial charge in [-0.05, 0) is 60.7 Å². The van der Waals surface area contributed by atoms with E-state index in [0.717, 1.165) is 28.4 Å². The van der Waals surface area contributed by atoms with Gasteiger partial charge < -0.3 is 14.2 Å². The highest BCUT2D eigenvalue weighted by Crippen LogP contribution is 2.52. The fourth-order valence-corrected chi connectivity index (χ4v) is 6.38. The molecule has 5 aromatic carbocycles. The Balaban J connectivity index is 1.43. The quantitative estimate of drug-likeness (QED) is 0.247. The van der Waals surface area contributed by atoms with E-state index in [1.54, 1.807) is 0 Å². The molecule has 0 N–H and O–H groups in total. The van der Waals surface area contributed by atoms with Crippen LogP contribution < -0.4 is 9.64 Å². The minimum atomic E-state index is 0.889. The van der Waals surface area contributed by atoms with E-state index in [4.69, 9.17) is 4.74 Å². The molecule has 0 saturated heterocycles. The second-order valence-electron chi connectivity index (χ2n) is 8.63. The molecule has 1 aromatic heterocycles. The first-order chi connectivity index (χ1) is 16.9. The SMILES string of the molecule is c1ccc2c(c1)Oc1cccc3c4cc(N5c6ccccc6Sc6ccccc65)ccc4n-2c13. The second-order valence-corrected chi connectivity index (χ2v) is 9.72. The number of ether oxygens (including phenoxy) is 1. The van der Waals surface area contributed by atoms with Crippen molar-refractivity contribution in [3.05, 3.63) is 109 Å². The number of benzene rings is 5. The van der Waals surface area contributed by atoms with E-state index in [-0.39, 0.29) is 0 Å². The Hall–Kier alpha value is -4.15. The summed E-state index contributed by atoms with van der Waals surface area (Å²) in [6.45, 7) is 0. The standard InChI is InChI=1S/C30H18N2OS/c1-4-12-26-23(9-1)32-22-17-16-19(18-21(22)20-8-7-13-27(33-26)30(20)32)31-24-10-2-5-14-28(24)34-29-15-6-3-11-25(29)31/h1-18H. The molecule has 0 spiro atoms. The van der Waals surface area contributed by atoms with Crippen LogP contribution in [0, 0.1) is 0 Å². The van der Waals surface area contributed by atoms with Crippen molar-refractivity contribution in [2.75, 3.05) is 4.90 Å². The molecule has 4 heteroatoms. The van der Waals surface area contributed by atoms with Crippen molar-refractivity contribution in [3.8, 4) is 17.2 Å². The Morgan fingerprint density at radius 2 is 1.24 bits per heavy atom. The third kappa shape index (κ3) is 2.38. The molecule has 34 heavy (non-hydrogen) atoms. The maximum Gasteiger partial charge on any atom is 0.152 e. The molecule has 0 aliphatic carbocycles. The van der Waals surface area contributed by atoms with E-state index in [0.29, 0.717) is 0 Å². The van der Waals surface area contributed by atoms with Crippen molar-refractivity contribution < 1.29 is 4.74 Å². The molecule has 2 aliphatic heterocycles. The molecular formula is C30H18N2OS. The predicted octanol–water partition coefficient (Wildman–Crippen LogP) is 8.82. The summed E-state index contributed by atoms with van der Waals surface area (Å²) >= 11 is 1.84. The molecule has 6 aromatic rings. The Labute approximate surface area is 200 Å². The third-order valence-corrected chi connectivity index (χ3v) is 7.88. The van der Waals surface area contributed by atoms with E-state index in [2.05, 4.69) is 107 Å². The first-order valence-electron chi connectivity index (χ1n) is 11.4. The summed E-state index contributed by atoms with van der Waals surface area (Å²) in [5.41, 5.74) is 6.99. The molecular weight excluding hydrogens is 436 g/mol. The van der Waals surface area contributed by atoms with Crippen LogP contribution in [-0.2, 0) is 0 Å². The van der Waals surface area contributed by atoms with Gasteiger partial charge in [0, 0.05) is 26.3 Å². The van der Waals surface area contributed by atoms with E-state index in [9.17, 15) is 0 Å². The van der Waals surface area contributed by atoms with Crippen LogP contribution in [0.25, 0.3) is 27.5 Å². The number of hydrogen-bond acceptors (Lipinski definition) is 3. The van der Waals surface area contributed by atoms with Gasteiger partial charge in [-0.15, -0.1) is 0 Å². The molecule has 0 fully saturated rings. The maximum absolute atomic E-state index is 6.28. The van der Waals surface area contributed by atoms with Crippen LogP contribution in [0.2, 0.25) is 0 Å². The Morgan fingerprint density at radius 3 is 2.03 bits per heavy atom. The molecule has 3 heterocycles. The smallest absolute Gasteiger partial charge is 0.152 e. The van der Waals surface area contributed by atoms with Crippen molar-refractivity contribution in [1.82, 2.24) is 4.57 Å². The molecule has 0 atom stereocenters. The minimum Gasteiger partial charge on any atom is -0.453 e. The number of fused-ring (bicyclic) bond motifs is 7. The van der Waals surface area contributed by atoms with Gasteiger partial charge in [0.05, 0.1) is 28.1 Å². The number of aromatic nitrogens is 1. The molecule has 8 rings (SSSR count). The summed E-state index contributed by atoms with van der Waals surface area (Å²) < 4.78 is 8.63. The number of para-hydroxylation sites is 5. The van der Waals surface area contributed by atoms with Crippen LogP contribution in [0.5, 0.6) is 11.5 Å². The van der Waals surface area contributed by atoms with Gasteiger partial charge in [0.15, 0.2) is 11.5 Å². The van der Waals surface area contributed by atoms with Gasteiger partial charge >= 0.3 is 0 Å². The van der Waals surface area contributed by atoms with Gasteiger partial charge in [-0.2, -0.15) is 0 Å². The van der Waals surface area contributed by atoms with Crippen LogP contribution in [0.1, 0.15) is 0 Å². The average Bonchev–Trinajstić information content (AvgIpc) is 3.23. The van der Waals surface area contributed by atoms with E-state index in [1.165, 1.54) is 37.5 Å². The summed E-state index contributed by atoms with van der Waals surface area (Å²) in [5, 5.41) is 2.43.